The second-order valence-corrected chi connectivity index (χ2v) is 7.55. The van der Waals surface area contributed by atoms with Crippen LogP contribution in [0, 0.1) is 0 Å². The van der Waals surface area contributed by atoms with Crippen LogP contribution in [0.15, 0.2) is 90.5 Å². The minimum atomic E-state index is -1.28. The molecule has 6 heteroatoms. The fourth-order valence-corrected chi connectivity index (χ4v) is 3.93. The Morgan fingerprint density at radius 2 is 2.00 bits per heavy atom. The van der Waals surface area contributed by atoms with Gasteiger partial charge in [-0.3, -0.25) is 0 Å². The number of carboxylic acid groups (broad SMARTS) is 1. The van der Waals surface area contributed by atoms with Crippen molar-refractivity contribution in [2.45, 2.75) is 12.7 Å². The van der Waals surface area contributed by atoms with Gasteiger partial charge in [-0.1, -0.05) is 61.2 Å². The molecule has 1 atom stereocenters. The quantitative estimate of drug-likeness (QED) is 0.512. The molecule has 0 fully saturated rings. The van der Waals surface area contributed by atoms with Gasteiger partial charge in [0.05, 0.1) is 0 Å². The van der Waals surface area contributed by atoms with E-state index >= 15 is 0 Å². The molecule has 1 aromatic heterocycles. The Hall–Kier alpha value is -3.64. The first-order valence-electron chi connectivity index (χ1n) is 9.26. The standard InChI is InChI=1S/C24H19NO4S/c1-3-4-6-9-16(2)24(18-10-7-5-8-11-18)28-20-15-17(22-25-12-13-30-22)14-19(23(26)27)21(20)29-24/h3-15H,1H2,2H3,(H,26,27)/b6-4-,16-9+. The van der Waals surface area contributed by atoms with Crippen molar-refractivity contribution in [1.82, 2.24) is 4.98 Å². The number of ether oxygens (including phenoxy) is 2. The smallest absolute Gasteiger partial charge is 0.339 e. The molecule has 4 rings (SSSR count). The van der Waals surface area contributed by atoms with Gasteiger partial charge in [-0.15, -0.1) is 11.3 Å². The van der Waals surface area contributed by atoms with Crippen LogP contribution in [0.25, 0.3) is 10.6 Å². The summed E-state index contributed by atoms with van der Waals surface area (Å²) in [6, 6.07) is 12.8. The van der Waals surface area contributed by atoms with Crippen molar-refractivity contribution in [3.63, 3.8) is 0 Å². The molecule has 0 radical (unpaired) electrons. The van der Waals surface area contributed by atoms with E-state index in [0.717, 1.165) is 11.1 Å². The molecule has 0 spiro atoms. The summed E-state index contributed by atoms with van der Waals surface area (Å²) in [5.74, 6) is -1.80. The molecule has 150 valence electrons. The summed E-state index contributed by atoms with van der Waals surface area (Å²) in [5, 5.41) is 12.4. The van der Waals surface area contributed by atoms with Crippen molar-refractivity contribution in [3.05, 3.63) is 102 Å². The Morgan fingerprint density at radius 3 is 2.67 bits per heavy atom. The highest BCUT2D eigenvalue weighted by Gasteiger charge is 2.47. The number of aromatic nitrogens is 1. The minimum absolute atomic E-state index is 0.0324. The largest absolute Gasteiger partial charge is 0.478 e. The van der Waals surface area contributed by atoms with Crippen molar-refractivity contribution in [3.8, 4) is 22.1 Å². The molecule has 1 N–H and O–H groups in total. The first kappa shape index (κ1) is 19.7. The van der Waals surface area contributed by atoms with Crippen molar-refractivity contribution in [1.29, 1.82) is 0 Å². The maximum Gasteiger partial charge on any atom is 0.339 e. The second kappa shape index (κ2) is 8.00. The summed E-state index contributed by atoms with van der Waals surface area (Å²) in [4.78, 5) is 16.3. The lowest BCUT2D eigenvalue weighted by molar-refractivity contribution is -0.0500. The van der Waals surface area contributed by atoms with E-state index in [9.17, 15) is 9.90 Å². The summed E-state index contributed by atoms with van der Waals surface area (Å²) in [5.41, 5.74) is 2.22. The van der Waals surface area contributed by atoms with Gasteiger partial charge < -0.3 is 14.6 Å². The van der Waals surface area contributed by atoms with Crippen molar-refractivity contribution >= 4 is 17.3 Å². The van der Waals surface area contributed by atoms with E-state index < -0.39 is 11.8 Å². The van der Waals surface area contributed by atoms with E-state index in [-0.39, 0.29) is 11.3 Å². The summed E-state index contributed by atoms with van der Waals surface area (Å²) in [7, 11) is 0. The SMILES string of the molecule is C=C/C=C\C=C(/C)C1(c2ccccc2)Oc2cc(-c3nccs3)cc(C(=O)O)c2O1. The highest BCUT2D eigenvalue weighted by Crippen LogP contribution is 2.51. The topological polar surface area (TPSA) is 68.7 Å². The number of aromatic carboxylic acids is 1. The molecule has 30 heavy (non-hydrogen) atoms. The predicted octanol–water partition coefficient (Wildman–Crippen LogP) is 5.82. The Bertz CT molecular complexity index is 1150. The number of nitrogens with zero attached hydrogens (tertiary/aromatic N) is 1. The number of allylic oxidation sites excluding steroid dienone is 4. The zero-order valence-corrected chi connectivity index (χ0v) is 17.1. The van der Waals surface area contributed by atoms with Crippen molar-refractivity contribution in [2.75, 3.05) is 0 Å². The van der Waals surface area contributed by atoms with Gasteiger partial charge >= 0.3 is 11.8 Å². The normalized spacial score (nSPS) is 18.0. The van der Waals surface area contributed by atoms with Crippen LogP contribution < -0.4 is 9.47 Å². The third kappa shape index (κ3) is 3.42. The van der Waals surface area contributed by atoms with E-state index in [0.29, 0.717) is 16.3 Å². The van der Waals surface area contributed by atoms with Crippen LogP contribution in [0.2, 0.25) is 0 Å². The second-order valence-electron chi connectivity index (χ2n) is 6.65. The molecule has 0 saturated heterocycles. The first-order valence-corrected chi connectivity index (χ1v) is 10.1. The number of carboxylic acids is 1. The highest BCUT2D eigenvalue weighted by molar-refractivity contribution is 7.13. The lowest BCUT2D eigenvalue weighted by atomic mass is 9.98. The molecule has 2 heterocycles. The van der Waals surface area contributed by atoms with Gasteiger partial charge in [0.2, 0.25) is 0 Å². The van der Waals surface area contributed by atoms with Crippen molar-refractivity contribution < 1.29 is 19.4 Å². The van der Waals surface area contributed by atoms with E-state index in [2.05, 4.69) is 11.6 Å². The molecular formula is C24H19NO4S. The third-order valence-electron chi connectivity index (χ3n) is 4.73. The fraction of sp³-hybridized carbons (Fsp3) is 0.0833. The maximum atomic E-state index is 12.0. The van der Waals surface area contributed by atoms with Crippen LogP contribution >= 0.6 is 11.3 Å². The van der Waals surface area contributed by atoms with Gasteiger partial charge in [-0.2, -0.15) is 0 Å². The van der Waals surface area contributed by atoms with Gasteiger partial charge in [-0.05, 0) is 19.1 Å². The Kier molecular flexibility index (Phi) is 5.25. The molecule has 5 nitrogen and oxygen atoms in total. The maximum absolute atomic E-state index is 12.0. The fourth-order valence-electron chi connectivity index (χ4n) is 3.30. The Morgan fingerprint density at radius 1 is 1.20 bits per heavy atom. The van der Waals surface area contributed by atoms with E-state index in [1.54, 1.807) is 30.5 Å². The molecule has 0 saturated carbocycles. The Labute approximate surface area is 178 Å². The number of fused-ring (bicyclic) bond motifs is 1. The zero-order chi connectivity index (χ0) is 21.1. The van der Waals surface area contributed by atoms with E-state index in [1.807, 2.05) is 54.8 Å². The van der Waals surface area contributed by atoms with Crippen LogP contribution in [-0.2, 0) is 5.79 Å². The number of benzene rings is 2. The average Bonchev–Trinajstić information content (AvgIpc) is 3.42. The van der Waals surface area contributed by atoms with Crippen LogP contribution in [0.4, 0.5) is 0 Å². The molecule has 1 unspecified atom stereocenters. The molecule has 1 aliphatic heterocycles. The number of rotatable bonds is 6. The zero-order valence-electron chi connectivity index (χ0n) is 16.2. The van der Waals surface area contributed by atoms with Gasteiger partial charge in [0, 0.05) is 28.3 Å². The molecule has 0 bridgehead atoms. The van der Waals surface area contributed by atoms with Gasteiger partial charge in [0.25, 0.3) is 0 Å². The monoisotopic (exact) mass is 417 g/mol. The lowest BCUT2D eigenvalue weighted by Gasteiger charge is -2.29. The highest BCUT2D eigenvalue weighted by atomic mass is 32.1. The lowest BCUT2D eigenvalue weighted by Crippen LogP contribution is -2.37. The number of hydrogen-bond acceptors (Lipinski definition) is 5. The molecule has 0 aliphatic carbocycles. The summed E-state index contributed by atoms with van der Waals surface area (Å²) >= 11 is 1.43. The van der Waals surface area contributed by atoms with Crippen molar-refractivity contribution in [2.24, 2.45) is 0 Å². The number of carbonyl (C=O) groups is 1. The van der Waals surface area contributed by atoms with Crippen LogP contribution in [-0.4, -0.2) is 16.1 Å². The molecule has 2 aromatic carbocycles. The van der Waals surface area contributed by atoms with Crippen LogP contribution in [0.3, 0.4) is 0 Å². The van der Waals surface area contributed by atoms with Gasteiger partial charge in [-0.25, -0.2) is 9.78 Å². The third-order valence-corrected chi connectivity index (χ3v) is 5.55. The van der Waals surface area contributed by atoms with E-state index in [4.69, 9.17) is 9.47 Å². The molecule has 1 aliphatic rings. The number of hydrogen-bond donors (Lipinski definition) is 1. The average molecular weight is 417 g/mol. The summed E-state index contributed by atoms with van der Waals surface area (Å²) < 4.78 is 12.7. The summed E-state index contributed by atoms with van der Waals surface area (Å²) in [6.07, 6.45) is 8.85. The predicted molar refractivity (Wildman–Crippen MR) is 117 cm³/mol. The first-order chi connectivity index (χ1) is 14.5. The van der Waals surface area contributed by atoms with Gasteiger partial charge in [0.15, 0.2) is 11.5 Å². The molecule has 0 amide bonds. The minimum Gasteiger partial charge on any atom is -0.478 e. The summed E-state index contributed by atoms with van der Waals surface area (Å²) in [6.45, 7) is 5.56. The van der Waals surface area contributed by atoms with Crippen LogP contribution in [0.1, 0.15) is 22.8 Å². The molecule has 3 aromatic rings. The Balaban J connectivity index is 1.89. The van der Waals surface area contributed by atoms with Gasteiger partial charge in [0.1, 0.15) is 10.6 Å². The van der Waals surface area contributed by atoms with E-state index in [1.165, 1.54) is 11.3 Å². The van der Waals surface area contributed by atoms with Crippen LogP contribution in [0.5, 0.6) is 11.5 Å². The molecular weight excluding hydrogens is 398 g/mol. The number of thiazole rings is 1.